The van der Waals surface area contributed by atoms with E-state index in [0.29, 0.717) is 17.7 Å². The van der Waals surface area contributed by atoms with Crippen LogP contribution in [0.4, 0.5) is 11.4 Å². The lowest BCUT2D eigenvalue weighted by Gasteiger charge is -2.32. The van der Waals surface area contributed by atoms with Crippen molar-refractivity contribution in [3.63, 3.8) is 0 Å². The number of carbonyl (C=O) groups is 2. The van der Waals surface area contributed by atoms with Crippen LogP contribution in [0.15, 0.2) is 77.7 Å². The summed E-state index contributed by atoms with van der Waals surface area (Å²) >= 11 is 0. The summed E-state index contributed by atoms with van der Waals surface area (Å²) in [6.07, 6.45) is 4.27. The van der Waals surface area contributed by atoms with Gasteiger partial charge in [0.05, 0.1) is 22.6 Å². The number of carbonyl (C=O) groups excluding carboxylic acids is 2. The summed E-state index contributed by atoms with van der Waals surface area (Å²) in [7, 11) is -2.99. The van der Waals surface area contributed by atoms with Crippen molar-refractivity contribution in [1.29, 1.82) is 0 Å². The van der Waals surface area contributed by atoms with E-state index in [1.807, 2.05) is 30.3 Å². The number of anilines is 1. The van der Waals surface area contributed by atoms with Gasteiger partial charge in [-0.1, -0.05) is 49.2 Å². The van der Waals surface area contributed by atoms with Crippen LogP contribution >= 0.6 is 0 Å². The van der Waals surface area contributed by atoms with Crippen molar-refractivity contribution in [3.05, 3.63) is 94.0 Å². The number of methoxy groups -OCH3 is 1. The van der Waals surface area contributed by atoms with Crippen LogP contribution in [0.2, 0.25) is 0 Å². The lowest BCUT2D eigenvalue weighted by Crippen LogP contribution is -2.53. The molecule has 0 aliphatic heterocycles. The second-order valence-corrected chi connectivity index (χ2v) is 12.8. The molecular formula is C32H38N4O7S. The molecule has 1 atom stereocenters. The Balaban J connectivity index is 1.69. The molecule has 0 aromatic heterocycles. The molecule has 3 aromatic carbocycles. The predicted molar refractivity (Wildman–Crippen MR) is 167 cm³/mol. The van der Waals surface area contributed by atoms with E-state index in [1.54, 1.807) is 19.1 Å². The number of rotatable bonds is 13. The number of ether oxygens (including phenoxy) is 1. The number of benzene rings is 3. The smallest absolute Gasteiger partial charge is 0.273 e. The topological polar surface area (TPSA) is 139 Å². The highest BCUT2D eigenvalue weighted by molar-refractivity contribution is 7.92. The van der Waals surface area contributed by atoms with E-state index in [1.165, 1.54) is 43.2 Å². The largest absolute Gasteiger partial charge is 0.497 e. The monoisotopic (exact) mass is 622 g/mol. The summed E-state index contributed by atoms with van der Waals surface area (Å²) in [5.74, 6) is -0.410. The highest BCUT2D eigenvalue weighted by atomic mass is 32.2. The van der Waals surface area contributed by atoms with E-state index in [2.05, 4.69) is 5.32 Å². The minimum atomic E-state index is -4.47. The number of nitro benzene ring substituents is 1. The molecule has 1 aliphatic rings. The van der Waals surface area contributed by atoms with Crippen LogP contribution in [-0.2, 0) is 26.0 Å². The molecule has 1 fully saturated rings. The predicted octanol–water partition coefficient (Wildman–Crippen LogP) is 4.63. The lowest BCUT2D eigenvalue weighted by atomic mass is 10.1. The number of amides is 2. The molecule has 1 aliphatic carbocycles. The molecule has 0 saturated heterocycles. The van der Waals surface area contributed by atoms with Crippen molar-refractivity contribution in [1.82, 2.24) is 10.2 Å². The highest BCUT2D eigenvalue weighted by Gasteiger charge is 2.34. The molecule has 12 heteroatoms. The van der Waals surface area contributed by atoms with Gasteiger partial charge in [-0.05, 0) is 69.0 Å². The number of nitro groups is 1. The van der Waals surface area contributed by atoms with Crippen LogP contribution in [0.3, 0.4) is 0 Å². The number of hydrogen-bond donors (Lipinski definition) is 1. The molecule has 0 heterocycles. The van der Waals surface area contributed by atoms with Crippen molar-refractivity contribution >= 4 is 33.2 Å². The van der Waals surface area contributed by atoms with Gasteiger partial charge in [0.15, 0.2) is 0 Å². The first-order valence-corrected chi connectivity index (χ1v) is 16.0. The SMILES string of the molecule is COc1ccc(N(CC(=O)N(CCc2ccccc2)[C@@H](C)C(=O)NC2CCCC2)S(=O)(=O)c2ccc(C)c([N+](=O)[O-])c2)cc1. The van der Waals surface area contributed by atoms with E-state index < -0.39 is 33.4 Å². The first-order chi connectivity index (χ1) is 21.0. The second kappa shape index (κ2) is 14.3. The quantitative estimate of drug-likeness (QED) is 0.217. The van der Waals surface area contributed by atoms with Gasteiger partial charge in [0, 0.05) is 24.2 Å². The maximum absolute atomic E-state index is 14.1. The second-order valence-electron chi connectivity index (χ2n) is 10.9. The number of aryl methyl sites for hydroxylation is 1. The molecule has 0 unspecified atom stereocenters. The number of nitrogens with one attached hydrogen (secondary N) is 1. The Kier molecular flexibility index (Phi) is 10.6. The maximum atomic E-state index is 14.1. The molecule has 0 bridgehead atoms. The molecule has 44 heavy (non-hydrogen) atoms. The Hall–Kier alpha value is -4.45. The zero-order chi connectivity index (χ0) is 31.9. The Bertz CT molecular complexity index is 1570. The summed E-state index contributed by atoms with van der Waals surface area (Å²) in [5.41, 5.74) is 1.07. The van der Waals surface area contributed by atoms with Crippen LogP contribution in [0.25, 0.3) is 0 Å². The summed E-state index contributed by atoms with van der Waals surface area (Å²) in [5, 5.41) is 14.7. The normalized spacial score (nSPS) is 14.1. The van der Waals surface area contributed by atoms with Gasteiger partial charge in [0.25, 0.3) is 15.7 Å². The zero-order valence-corrected chi connectivity index (χ0v) is 26.0. The van der Waals surface area contributed by atoms with Gasteiger partial charge < -0.3 is 15.0 Å². The maximum Gasteiger partial charge on any atom is 0.273 e. The van der Waals surface area contributed by atoms with E-state index >= 15 is 0 Å². The third-order valence-corrected chi connectivity index (χ3v) is 9.73. The molecule has 1 saturated carbocycles. The summed E-state index contributed by atoms with van der Waals surface area (Å²) in [6, 6.07) is 18.4. The van der Waals surface area contributed by atoms with Gasteiger partial charge in [-0.25, -0.2) is 8.42 Å². The summed E-state index contributed by atoms with van der Waals surface area (Å²) in [6.45, 7) is 2.70. The molecular weight excluding hydrogens is 584 g/mol. The van der Waals surface area contributed by atoms with E-state index in [4.69, 9.17) is 4.74 Å². The average Bonchev–Trinajstić information content (AvgIpc) is 3.53. The molecule has 0 radical (unpaired) electrons. The zero-order valence-electron chi connectivity index (χ0n) is 25.1. The van der Waals surface area contributed by atoms with Crippen LogP contribution in [0.1, 0.15) is 43.7 Å². The van der Waals surface area contributed by atoms with Crippen molar-refractivity contribution in [2.75, 3.05) is 24.5 Å². The molecule has 0 spiro atoms. The van der Waals surface area contributed by atoms with Crippen LogP contribution in [0.5, 0.6) is 5.75 Å². The van der Waals surface area contributed by atoms with Gasteiger partial charge in [0.1, 0.15) is 18.3 Å². The van der Waals surface area contributed by atoms with Crippen LogP contribution < -0.4 is 14.4 Å². The number of hydrogen-bond acceptors (Lipinski definition) is 7. The van der Waals surface area contributed by atoms with Gasteiger partial charge in [-0.3, -0.25) is 24.0 Å². The third kappa shape index (κ3) is 7.73. The Morgan fingerprint density at radius 2 is 1.70 bits per heavy atom. The van der Waals surface area contributed by atoms with Gasteiger partial charge >= 0.3 is 0 Å². The highest BCUT2D eigenvalue weighted by Crippen LogP contribution is 2.29. The molecule has 3 aromatic rings. The minimum Gasteiger partial charge on any atom is -0.497 e. The summed E-state index contributed by atoms with van der Waals surface area (Å²) in [4.78, 5) is 39.4. The molecule has 11 nitrogen and oxygen atoms in total. The molecule has 234 valence electrons. The van der Waals surface area contributed by atoms with Crippen molar-refractivity contribution in [2.24, 2.45) is 0 Å². The fraction of sp³-hybridized carbons (Fsp3) is 0.375. The van der Waals surface area contributed by atoms with Crippen LogP contribution in [0, 0.1) is 17.0 Å². The lowest BCUT2D eigenvalue weighted by molar-refractivity contribution is -0.385. The fourth-order valence-electron chi connectivity index (χ4n) is 5.31. The molecule has 4 rings (SSSR count). The first kappa shape index (κ1) is 32.5. The number of sulfonamides is 1. The van der Waals surface area contributed by atoms with E-state index in [0.717, 1.165) is 41.6 Å². The average molecular weight is 623 g/mol. The first-order valence-electron chi connectivity index (χ1n) is 14.6. The molecule has 2 amide bonds. The van der Waals surface area contributed by atoms with Crippen molar-refractivity contribution in [2.45, 2.75) is 62.9 Å². The Morgan fingerprint density at radius 1 is 1.05 bits per heavy atom. The Morgan fingerprint density at radius 3 is 2.32 bits per heavy atom. The number of nitrogens with zero attached hydrogens (tertiary/aromatic N) is 3. The van der Waals surface area contributed by atoms with E-state index in [9.17, 15) is 28.1 Å². The van der Waals surface area contributed by atoms with Gasteiger partial charge in [-0.2, -0.15) is 0 Å². The Labute approximate surface area is 258 Å². The molecule has 1 N–H and O–H groups in total. The standard InChI is InChI=1S/C32H38N4O7S/c1-23-13-18-29(21-30(23)36(39)40)44(41,42)35(27-14-16-28(43-3)17-15-27)22-31(37)34(20-19-25-9-5-4-6-10-25)24(2)32(38)33-26-11-7-8-12-26/h4-6,9-10,13-18,21,24,26H,7-8,11-12,19-20,22H2,1-3H3,(H,33,38)/t24-/m0/s1. The van der Waals surface area contributed by atoms with Crippen molar-refractivity contribution in [3.8, 4) is 5.75 Å². The van der Waals surface area contributed by atoms with Gasteiger partial charge in [0.2, 0.25) is 11.8 Å². The summed E-state index contributed by atoms with van der Waals surface area (Å²) < 4.78 is 34.3. The van der Waals surface area contributed by atoms with E-state index in [-0.39, 0.29) is 34.8 Å². The third-order valence-electron chi connectivity index (χ3n) is 7.96. The van der Waals surface area contributed by atoms with Gasteiger partial charge in [-0.15, -0.1) is 0 Å². The van der Waals surface area contributed by atoms with Crippen molar-refractivity contribution < 1.29 is 27.7 Å². The van der Waals surface area contributed by atoms with Crippen LogP contribution in [-0.4, -0.2) is 62.3 Å². The minimum absolute atomic E-state index is 0.0459. The fourth-order valence-corrected chi connectivity index (χ4v) is 6.75.